The van der Waals surface area contributed by atoms with Crippen LogP contribution in [0.3, 0.4) is 0 Å². The van der Waals surface area contributed by atoms with Crippen molar-refractivity contribution in [1.82, 2.24) is 15.1 Å². The molecule has 2 aromatic rings. The number of nitrogens with zero attached hydrogens (tertiary/aromatic N) is 2. The first kappa shape index (κ1) is 12.9. The molecule has 2 aromatic heterocycles. The first-order valence-electron chi connectivity index (χ1n) is 6.73. The van der Waals surface area contributed by atoms with E-state index in [2.05, 4.69) is 10.4 Å². The molecule has 3 rings (SSSR count). The summed E-state index contributed by atoms with van der Waals surface area (Å²) in [5, 5.41) is 7.18. The van der Waals surface area contributed by atoms with E-state index in [0.29, 0.717) is 26.3 Å². The maximum Gasteiger partial charge on any atom is 0.225 e. The van der Waals surface area contributed by atoms with E-state index < -0.39 is 0 Å². The molecule has 0 spiro atoms. The summed E-state index contributed by atoms with van der Waals surface area (Å²) in [5.74, 6) is 0.0822. The van der Waals surface area contributed by atoms with Crippen LogP contribution in [0.4, 0.5) is 0 Å². The third kappa shape index (κ3) is 2.91. The Balaban J connectivity index is 1.48. The second-order valence-corrected chi connectivity index (χ2v) is 4.86. The highest BCUT2D eigenvalue weighted by Gasteiger charge is 2.22. The molecule has 3 heterocycles. The Bertz CT molecular complexity index is 556. The van der Waals surface area contributed by atoms with Gasteiger partial charge >= 0.3 is 0 Å². The number of furan rings is 1. The van der Waals surface area contributed by atoms with Crippen LogP contribution in [0.1, 0.15) is 6.42 Å². The number of amides is 1. The van der Waals surface area contributed by atoms with E-state index in [1.165, 1.54) is 0 Å². The van der Waals surface area contributed by atoms with Crippen molar-refractivity contribution in [2.24, 2.45) is 5.92 Å². The van der Waals surface area contributed by atoms with E-state index >= 15 is 0 Å². The molecule has 1 amide bonds. The third-order valence-electron chi connectivity index (χ3n) is 3.43. The van der Waals surface area contributed by atoms with Gasteiger partial charge in [-0.15, -0.1) is 0 Å². The van der Waals surface area contributed by atoms with Crippen LogP contribution in [0, 0.1) is 5.92 Å². The monoisotopic (exact) mass is 275 g/mol. The summed E-state index contributed by atoms with van der Waals surface area (Å²) in [6, 6.07) is 1.89. The molecule has 1 N–H and O–H groups in total. The molecule has 6 heteroatoms. The molecule has 6 nitrogen and oxygen atoms in total. The highest BCUT2D eigenvalue weighted by atomic mass is 16.5. The van der Waals surface area contributed by atoms with Gasteiger partial charge in [-0.2, -0.15) is 5.10 Å². The van der Waals surface area contributed by atoms with Gasteiger partial charge in [0.15, 0.2) is 0 Å². The van der Waals surface area contributed by atoms with Crippen molar-refractivity contribution in [1.29, 1.82) is 0 Å². The van der Waals surface area contributed by atoms with Gasteiger partial charge in [0.05, 0.1) is 37.8 Å². The second-order valence-electron chi connectivity index (χ2n) is 4.86. The van der Waals surface area contributed by atoms with Gasteiger partial charge in [-0.05, 0) is 12.5 Å². The molecule has 1 fully saturated rings. The van der Waals surface area contributed by atoms with Crippen LogP contribution in [-0.4, -0.2) is 35.4 Å². The lowest BCUT2D eigenvalue weighted by Gasteiger charge is -2.09. The lowest BCUT2D eigenvalue weighted by atomic mass is 10.1. The zero-order chi connectivity index (χ0) is 13.8. The zero-order valence-corrected chi connectivity index (χ0v) is 11.1. The molecule has 0 saturated carbocycles. The number of rotatable bonds is 5. The number of carbonyl (C=O) groups excluding carboxylic acids is 1. The Morgan fingerprint density at radius 2 is 2.45 bits per heavy atom. The normalized spacial score (nSPS) is 18.3. The van der Waals surface area contributed by atoms with Crippen molar-refractivity contribution in [3.8, 4) is 11.1 Å². The molecule has 0 unspecified atom stereocenters. The quantitative estimate of drug-likeness (QED) is 0.893. The van der Waals surface area contributed by atoms with Crippen LogP contribution in [0.5, 0.6) is 0 Å². The molecule has 1 aliphatic heterocycles. The SMILES string of the molecule is O=C(NCCn1cc(-c2ccoc2)cn1)[C@H]1CCOC1. The molecule has 0 aromatic carbocycles. The van der Waals surface area contributed by atoms with Gasteiger partial charge in [-0.25, -0.2) is 0 Å². The fourth-order valence-corrected chi connectivity index (χ4v) is 2.24. The van der Waals surface area contributed by atoms with Crippen LogP contribution in [-0.2, 0) is 16.1 Å². The molecule has 0 radical (unpaired) electrons. The van der Waals surface area contributed by atoms with E-state index in [1.807, 2.05) is 16.9 Å². The summed E-state index contributed by atoms with van der Waals surface area (Å²) in [5.41, 5.74) is 2.01. The van der Waals surface area contributed by atoms with Gasteiger partial charge < -0.3 is 14.5 Å². The molecule has 20 heavy (non-hydrogen) atoms. The van der Waals surface area contributed by atoms with E-state index in [0.717, 1.165) is 17.5 Å². The van der Waals surface area contributed by atoms with E-state index in [1.54, 1.807) is 18.7 Å². The molecule has 1 aliphatic rings. The molecular formula is C14H17N3O3. The van der Waals surface area contributed by atoms with Gasteiger partial charge in [0.2, 0.25) is 5.91 Å². The second kappa shape index (κ2) is 5.92. The number of carbonyl (C=O) groups is 1. The summed E-state index contributed by atoms with van der Waals surface area (Å²) in [4.78, 5) is 11.8. The minimum absolute atomic E-state index is 0.00844. The Hall–Kier alpha value is -2.08. The minimum Gasteiger partial charge on any atom is -0.472 e. The number of ether oxygens (including phenoxy) is 1. The van der Waals surface area contributed by atoms with E-state index in [9.17, 15) is 4.79 Å². The third-order valence-corrected chi connectivity index (χ3v) is 3.43. The number of hydrogen-bond acceptors (Lipinski definition) is 4. The van der Waals surface area contributed by atoms with Crippen LogP contribution in [0.2, 0.25) is 0 Å². The summed E-state index contributed by atoms with van der Waals surface area (Å²) < 4.78 is 12.1. The Kier molecular flexibility index (Phi) is 3.83. The first-order chi connectivity index (χ1) is 9.83. The highest BCUT2D eigenvalue weighted by molar-refractivity contribution is 5.78. The average molecular weight is 275 g/mol. The van der Waals surface area contributed by atoms with Crippen molar-refractivity contribution >= 4 is 5.91 Å². The largest absolute Gasteiger partial charge is 0.472 e. The van der Waals surface area contributed by atoms with E-state index in [4.69, 9.17) is 9.15 Å². The number of hydrogen-bond donors (Lipinski definition) is 1. The first-order valence-corrected chi connectivity index (χ1v) is 6.73. The van der Waals surface area contributed by atoms with Crippen LogP contribution >= 0.6 is 0 Å². The average Bonchev–Trinajstić information content (AvgIpc) is 3.20. The van der Waals surface area contributed by atoms with Crippen molar-refractivity contribution in [3.05, 3.63) is 31.0 Å². The van der Waals surface area contributed by atoms with Crippen LogP contribution < -0.4 is 5.32 Å². The Morgan fingerprint density at radius 1 is 1.50 bits per heavy atom. The van der Waals surface area contributed by atoms with Gasteiger partial charge in [-0.1, -0.05) is 0 Å². The van der Waals surface area contributed by atoms with Gasteiger partial charge in [0.1, 0.15) is 0 Å². The summed E-state index contributed by atoms with van der Waals surface area (Å²) in [6.07, 6.45) is 7.87. The molecule has 0 bridgehead atoms. The fourth-order valence-electron chi connectivity index (χ4n) is 2.24. The standard InChI is InChI=1S/C14H17N3O3/c18-14(12-2-6-20-10-12)15-3-4-17-8-13(7-16-17)11-1-5-19-9-11/h1,5,7-9,12H,2-4,6,10H2,(H,15,18)/t12-/m0/s1. The lowest BCUT2D eigenvalue weighted by molar-refractivity contribution is -0.124. The van der Waals surface area contributed by atoms with Crippen molar-refractivity contribution < 1.29 is 13.9 Å². The molecule has 0 aliphatic carbocycles. The Morgan fingerprint density at radius 3 is 3.20 bits per heavy atom. The summed E-state index contributed by atoms with van der Waals surface area (Å²) >= 11 is 0. The van der Waals surface area contributed by atoms with E-state index in [-0.39, 0.29) is 11.8 Å². The predicted octanol–water partition coefficient (Wildman–Crippen LogP) is 1.30. The Labute approximate surface area is 116 Å². The van der Waals surface area contributed by atoms with Crippen LogP contribution in [0.15, 0.2) is 35.4 Å². The maximum atomic E-state index is 11.8. The zero-order valence-electron chi connectivity index (χ0n) is 11.1. The number of nitrogens with one attached hydrogen (secondary N) is 1. The van der Waals surface area contributed by atoms with Gasteiger partial charge in [0, 0.05) is 30.5 Å². The summed E-state index contributed by atoms with van der Waals surface area (Å²) in [7, 11) is 0. The molecule has 106 valence electrons. The topological polar surface area (TPSA) is 69.3 Å². The molecular weight excluding hydrogens is 258 g/mol. The minimum atomic E-state index is 0.00844. The van der Waals surface area contributed by atoms with Crippen molar-refractivity contribution in [2.75, 3.05) is 19.8 Å². The molecule has 1 saturated heterocycles. The maximum absolute atomic E-state index is 11.8. The number of aromatic nitrogens is 2. The molecule has 1 atom stereocenters. The lowest BCUT2D eigenvalue weighted by Crippen LogP contribution is -2.33. The fraction of sp³-hybridized carbons (Fsp3) is 0.429. The van der Waals surface area contributed by atoms with Crippen LogP contribution in [0.25, 0.3) is 11.1 Å². The van der Waals surface area contributed by atoms with Crippen molar-refractivity contribution in [2.45, 2.75) is 13.0 Å². The predicted molar refractivity (Wildman–Crippen MR) is 71.9 cm³/mol. The van der Waals surface area contributed by atoms with Crippen molar-refractivity contribution in [3.63, 3.8) is 0 Å². The van der Waals surface area contributed by atoms with Gasteiger partial charge in [-0.3, -0.25) is 9.48 Å². The summed E-state index contributed by atoms with van der Waals surface area (Å²) in [6.45, 7) is 2.45. The highest BCUT2D eigenvalue weighted by Crippen LogP contribution is 2.18. The van der Waals surface area contributed by atoms with Gasteiger partial charge in [0.25, 0.3) is 0 Å². The smallest absolute Gasteiger partial charge is 0.225 e.